The van der Waals surface area contributed by atoms with E-state index in [4.69, 9.17) is 9.47 Å². The van der Waals surface area contributed by atoms with Crippen molar-refractivity contribution in [3.63, 3.8) is 0 Å². The van der Waals surface area contributed by atoms with Gasteiger partial charge in [-0.05, 0) is 30.3 Å². The summed E-state index contributed by atoms with van der Waals surface area (Å²) in [5, 5.41) is 2.70. The molecule has 0 fully saturated rings. The van der Waals surface area contributed by atoms with Gasteiger partial charge in [0.1, 0.15) is 17.4 Å². The van der Waals surface area contributed by atoms with Gasteiger partial charge in [-0.1, -0.05) is 34.1 Å². The number of halogens is 1. The number of esters is 1. The standard InChI is InChI=1S/C18H14BrNO3S/c1-22-16-8-7-13(19)9-15(16)17-20-14(11-24-17)10-23-18(21)12-5-3-2-4-6-12/h2-9,11H,10H2,1H3. The van der Waals surface area contributed by atoms with Gasteiger partial charge in [-0.3, -0.25) is 0 Å². The lowest BCUT2D eigenvalue weighted by Crippen LogP contribution is -2.05. The van der Waals surface area contributed by atoms with Gasteiger partial charge < -0.3 is 9.47 Å². The summed E-state index contributed by atoms with van der Waals surface area (Å²) in [7, 11) is 1.63. The highest BCUT2D eigenvalue weighted by atomic mass is 79.9. The predicted octanol–water partition coefficient (Wildman–Crippen LogP) is 4.94. The molecule has 0 spiro atoms. The average Bonchev–Trinajstić information content (AvgIpc) is 3.09. The molecule has 2 aromatic carbocycles. The summed E-state index contributed by atoms with van der Waals surface area (Å²) < 4.78 is 11.6. The zero-order chi connectivity index (χ0) is 16.9. The Morgan fingerprint density at radius 3 is 2.75 bits per heavy atom. The van der Waals surface area contributed by atoms with Gasteiger partial charge in [0.2, 0.25) is 0 Å². The fourth-order valence-corrected chi connectivity index (χ4v) is 3.33. The number of hydrogen-bond donors (Lipinski definition) is 0. The zero-order valence-corrected chi connectivity index (χ0v) is 15.3. The molecule has 1 heterocycles. The van der Waals surface area contributed by atoms with Gasteiger partial charge in [0, 0.05) is 9.85 Å². The maximum Gasteiger partial charge on any atom is 0.338 e. The molecule has 0 amide bonds. The third-order valence-corrected chi connectivity index (χ3v) is 4.72. The van der Waals surface area contributed by atoms with Crippen LogP contribution in [0.5, 0.6) is 5.75 Å². The first kappa shape index (κ1) is 16.7. The molecule has 0 bridgehead atoms. The van der Waals surface area contributed by atoms with E-state index < -0.39 is 0 Å². The van der Waals surface area contributed by atoms with Crippen LogP contribution in [0.4, 0.5) is 0 Å². The first-order valence-electron chi connectivity index (χ1n) is 7.18. The second kappa shape index (κ2) is 7.59. The van der Waals surface area contributed by atoms with E-state index in [1.54, 1.807) is 31.4 Å². The third kappa shape index (κ3) is 3.83. The van der Waals surface area contributed by atoms with Crippen LogP contribution < -0.4 is 4.74 Å². The SMILES string of the molecule is COc1ccc(Br)cc1-c1nc(COC(=O)c2ccccc2)cs1. The first-order valence-corrected chi connectivity index (χ1v) is 8.85. The fraction of sp³-hybridized carbons (Fsp3) is 0.111. The number of aromatic nitrogens is 1. The molecule has 0 saturated carbocycles. The third-order valence-electron chi connectivity index (χ3n) is 3.30. The molecular formula is C18H14BrNO3S. The number of thiazole rings is 1. The molecule has 0 saturated heterocycles. The quantitative estimate of drug-likeness (QED) is 0.566. The van der Waals surface area contributed by atoms with Crippen LogP contribution in [-0.2, 0) is 11.3 Å². The highest BCUT2D eigenvalue weighted by Crippen LogP contribution is 2.34. The molecule has 6 heteroatoms. The number of carbonyl (C=O) groups excluding carboxylic acids is 1. The van der Waals surface area contributed by atoms with E-state index in [0.29, 0.717) is 11.3 Å². The van der Waals surface area contributed by atoms with Gasteiger partial charge in [0.15, 0.2) is 0 Å². The molecular weight excluding hydrogens is 390 g/mol. The minimum Gasteiger partial charge on any atom is -0.496 e. The number of carbonyl (C=O) groups is 1. The Morgan fingerprint density at radius 2 is 2.00 bits per heavy atom. The summed E-state index contributed by atoms with van der Waals surface area (Å²) in [5.74, 6) is 0.394. The van der Waals surface area contributed by atoms with Gasteiger partial charge in [0.05, 0.1) is 23.9 Å². The molecule has 3 aromatic rings. The van der Waals surface area contributed by atoms with Crippen molar-refractivity contribution in [2.75, 3.05) is 7.11 Å². The maximum atomic E-state index is 12.0. The van der Waals surface area contributed by atoms with Crippen molar-refractivity contribution in [3.8, 4) is 16.3 Å². The summed E-state index contributed by atoms with van der Waals surface area (Å²) >= 11 is 4.94. The number of rotatable bonds is 5. The number of benzene rings is 2. The lowest BCUT2D eigenvalue weighted by molar-refractivity contribution is 0.0468. The monoisotopic (exact) mass is 403 g/mol. The molecule has 0 aliphatic carbocycles. The first-order chi connectivity index (χ1) is 11.7. The Balaban J connectivity index is 1.72. The lowest BCUT2D eigenvalue weighted by atomic mass is 10.2. The minimum atomic E-state index is -0.356. The van der Waals surface area contributed by atoms with Crippen molar-refractivity contribution in [3.05, 3.63) is 69.6 Å². The normalized spacial score (nSPS) is 10.4. The molecule has 0 unspecified atom stereocenters. The Morgan fingerprint density at radius 1 is 1.21 bits per heavy atom. The molecule has 3 rings (SSSR count). The summed E-state index contributed by atoms with van der Waals surface area (Å²) in [6, 6.07) is 14.7. The molecule has 0 aliphatic rings. The van der Waals surface area contributed by atoms with Crippen LogP contribution in [0.3, 0.4) is 0 Å². The van der Waals surface area contributed by atoms with Crippen molar-refractivity contribution in [1.82, 2.24) is 4.98 Å². The van der Waals surface area contributed by atoms with Gasteiger partial charge in [-0.15, -0.1) is 11.3 Å². The van der Waals surface area contributed by atoms with Crippen molar-refractivity contribution in [2.45, 2.75) is 6.61 Å². The maximum absolute atomic E-state index is 12.0. The van der Waals surface area contributed by atoms with Crippen LogP contribution in [-0.4, -0.2) is 18.1 Å². The Bertz CT molecular complexity index is 848. The summed E-state index contributed by atoms with van der Waals surface area (Å²) in [5.41, 5.74) is 2.14. The van der Waals surface area contributed by atoms with Crippen LogP contribution in [0, 0.1) is 0 Å². The summed E-state index contributed by atoms with van der Waals surface area (Å²) in [4.78, 5) is 16.5. The largest absolute Gasteiger partial charge is 0.496 e. The Hall–Kier alpha value is -2.18. The van der Waals surface area contributed by atoms with Crippen LogP contribution in [0.1, 0.15) is 16.1 Å². The lowest BCUT2D eigenvalue weighted by Gasteiger charge is -2.06. The van der Waals surface area contributed by atoms with Gasteiger partial charge in [-0.25, -0.2) is 9.78 Å². The fourth-order valence-electron chi connectivity index (χ4n) is 2.14. The molecule has 24 heavy (non-hydrogen) atoms. The minimum absolute atomic E-state index is 0.139. The molecule has 0 atom stereocenters. The Labute approximate surface area is 152 Å². The highest BCUT2D eigenvalue weighted by Gasteiger charge is 2.13. The van der Waals surface area contributed by atoms with E-state index in [0.717, 1.165) is 20.8 Å². The van der Waals surface area contributed by atoms with Crippen molar-refractivity contribution in [1.29, 1.82) is 0 Å². The number of ether oxygens (including phenoxy) is 2. The zero-order valence-electron chi connectivity index (χ0n) is 12.9. The molecule has 4 nitrogen and oxygen atoms in total. The Kier molecular flexibility index (Phi) is 5.27. The summed E-state index contributed by atoms with van der Waals surface area (Å²) in [6.07, 6.45) is 0. The number of hydrogen-bond acceptors (Lipinski definition) is 5. The topological polar surface area (TPSA) is 48.4 Å². The van der Waals surface area contributed by atoms with E-state index in [1.807, 2.05) is 29.6 Å². The van der Waals surface area contributed by atoms with E-state index in [1.165, 1.54) is 11.3 Å². The van der Waals surface area contributed by atoms with E-state index >= 15 is 0 Å². The van der Waals surface area contributed by atoms with Gasteiger partial charge in [-0.2, -0.15) is 0 Å². The van der Waals surface area contributed by atoms with Crippen LogP contribution in [0.2, 0.25) is 0 Å². The molecule has 1 aromatic heterocycles. The van der Waals surface area contributed by atoms with Crippen LogP contribution >= 0.6 is 27.3 Å². The van der Waals surface area contributed by atoms with E-state index in [9.17, 15) is 4.79 Å². The number of methoxy groups -OCH3 is 1. The van der Waals surface area contributed by atoms with Crippen LogP contribution in [0.25, 0.3) is 10.6 Å². The smallest absolute Gasteiger partial charge is 0.338 e. The predicted molar refractivity (Wildman–Crippen MR) is 97.4 cm³/mol. The van der Waals surface area contributed by atoms with Gasteiger partial charge >= 0.3 is 5.97 Å². The van der Waals surface area contributed by atoms with Crippen molar-refractivity contribution in [2.24, 2.45) is 0 Å². The molecule has 0 N–H and O–H groups in total. The van der Waals surface area contributed by atoms with Crippen molar-refractivity contribution >= 4 is 33.2 Å². The van der Waals surface area contributed by atoms with E-state index in [2.05, 4.69) is 20.9 Å². The second-order valence-electron chi connectivity index (χ2n) is 4.93. The second-order valence-corrected chi connectivity index (χ2v) is 6.70. The average molecular weight is 404 g/mol. The summed E-state index contributed by atoms with van der Waals surface area (Å²) in [6.45, 7) is 0.139. The van der Waals surface area contributed by atoms with E-state index in [-0.39, 0.29) is 12.6 Å². The van der Waals surface area contributed by atoms with Gasteiger partial charge in [0.25, 0.3) is 0 Å². The van der Waals surface area contributed by atoms with Crippen molar-refractivity contribution < 1.29 is 14.3 Å². The molecule has 122 valence electrons. The molecule has 0 aliphatic heterocycles. The molecule has 0 radical (unpaired) electrons. The number of nitrogens with zero attached hydrogens (tertiary/aromatic N) is 1. The highest BCUT2D eigenvalue weighted by molar-refractivity contribution is 9.10. The van der Waals surface area contributed by atoms with Crippen LogP contribution in [0.15, 0.2) is 58.4 Å².